The first-order chi connectivity index (χ1) is 39.2. The number of halogens is 1. The van der Waals surface area contributed by atoms with Gasteiger partial charge in [0.2, 0.25) is 5.91 Å². The third-order valence-corrected chi connectivity index (χ3v) is 15.5. The topological polar surface area (TPSA) is 280 Å². The van der Waals surface area contributed by atoms with Gasteiger partial charge >= 0.3 is 0 Å². The van der Waals surface area contributed by atoms with Crippen LogP contribution >= 0.6 is 21.6 Å². The highest BCUT2D eigenvalue weighted by Crippen LogP contribution is 2.31. The molecule has 2 rings (SSSR count). The van der Waals surface area contributed by atoms with Crippen molar-refractivity contribution in [3.63, 3.8) is 0 Å². The number of alkyl halides is 1. The number of hydrogen-bond acceptors (Lipinski definition) is 23. The Bertz CT molecular complexity index is 1350. The van der Waals surface area contributed by atoms with E-state index in [2.05, 4.69) is 26.9 Å². The molecule has 10 atom stereocenters. The van der Waals surface area contributed by atoms with E-state index in [9.17, 15) is 34.7 Å². The van der Waals surface area contributed by atoms with Gasteiger partial charge in [0, 0.05) is 31.6 Å². The second kappa shape index (κ2) is 54.9. The third-order valence-electron chi connectivity index (χ3n) is 12.9. The summed E-state index contributed by atoms with van der Waals surface area (Å²) in [6, 6.07) is -1.20. The number of unbranched alkanes of at least 4 members (excludes halogenated alkanes) is 15. The van der Waals surface area contributed by atoms with Gasteiger partial charge in [0.1, 0.15) is 42.7 Å². The molecule has 22 nitrogen and oxygen atoms in total. The molecule has 0 aromatic heterocycles. The molecule has 0 spiro atoms. The molecule has 0 saturated carbocycles. The van der Waals surface area contributed by atoms with Gasteiger partial charge in [-0.05, 0) is 25.7 Å². The minimum Gasteiger partial charge on any atom is -0.394 e. The number of aliphatic hydroxyl groups is 6. The maximum atomic E-state index is 14.2. The third kappa shape index (κ3) is 39.8. The maximum absolute atomic E-state index is 14.2. The average Bonchev–Trinajstić information content (AvgIpc) is 3.45. The molecule has 2 heterocycles. The molecule has 7 N–H and O–H groups in total. The molecule has 0 aromatic rings. The predicted molar refractivity (Wildman–Crippen MR) is 302 cm³/mol. The Kier molecular flexibility index (Phi) is 51.8. The lowest BCUT2D eigenvalue weighted by molar-refractivity contribution is -0.344. The van der Waals surface area contributed by atoms with Crippen LogP contribution in [0.25, 0.3) is 0 Å². The molecule has 0 aromatic carbocycles. The van der Waals surface area contributed by atoms with Crippen LogP contribution in [0.3, 0.4) is 0 Å². The van der Waals surface area contributed by atoms with Gasteiger partial charge in [-0.3, -0.25) is 4.79 Å². The van der Waals surface area contributed by atoms with Crippen molar-refractivity contribution in [3.8, 4) is 0 Å². The van der Waals surface area contributed by atoms with Crippen LogP contribution in [0.2, 0.25) is 0 Å². The second-order valence-electron chi connectivity index (χ2n) is 19.6. The number of aliphatic hydroxyl groups excluding tert-OH is 6. The van der Waals surface area contributed by atoms with Gasteiger partial charge in [-0.2, -0.15) is 0 Å². The lowest BCUT2D eigenvalue weighted by atomic mass is 9.95. The van der Waals surface area contributed by atoms with E-state index in [4.69, 9.17) is 71.4 Å². The van der Waals surface area contributed by atoms with E-state index in [-0.39, 0.29) is 26.4 Å². The number of amides is 1. The molecule has 2 aliphatic heterocycles. The Balaban J connectivity index is 1.24. The molecular formula is C55H106FNO21S2. The summed E-state index contributed by atoms with van der Waals surface area (Å²) in [4.78, 5) is 12.0. The van der Waals surface area contributed by atoms with Gasteiger partial charge in [-0.1, -0.05) is 105 Å². The Morgan fingerprint density at radius 3 is 1.14 bits per heavy atom. The summed E-state index contributed by atoms with van der Waals surface area (Å²) < 4.78 is 91.8. The van der Waals surface area contributed by atoms with Crippen molar-refractivity contribution in [2.45, 2.75) is 177 Å². The molecule has 1 amide bonds. The Morgan fingerprint density at radius 2 is 0.762 bits per heavy atom. The van der Waals surface area contributed by atoms with Crippen molar-refractivity contribution in [1.29, 1.82) is 0 Å². The van der Waals surface area contributed by atoms with Crippen molar-refractivity contribution in [2.24, 2.45) is 0 Å². The smallest absolute Gasteiger partial charge is 0.217 e. The normalized spacial score (nSPS) is 23.3. The lowest BCUT2D eigenvalue weighted by Gasteiger charge is -2.46. The number of carbonyl (C=O) groups is 1. The first kappa shape index (κ1) is 75.4. The number of carbonyl (C=O) groups excluding carboxylic acids is 1. The minimum atomic E-state index is -2.09. The van der Waals surface area contributed by atoms with E-state index < -0.39 is 80.5 Å². The highest BCUT2D eigenvalue weighted by atomic mass is 33.1. The summed E-state index contributed by atoms with van der Waals surface area (Å²) in [6.45, 7) is 9.43. The van der Waals surface area contributed by atoms with E-state index >= 15 is 0 Å². The Morgan fingerprint density at radius 1 is 0.425 bits per heavy atom. The summed E-state index contributed by atoms with van der Waals surface area (Å²) in [7, 11) is 4.12. The van der Waals surface area contributed by atoms with Crippen LogP contribution < -0.4 is 5.32 Å². The summed E-state index contributed by atoms with van der Waals surface area (Å²) in [5.74, 6) is 2.02. The molecule has 4 unspecified atom stereocenters. The molecule has 2 fully saturated rings. The van der Waals surface area contributed by atoms with E-state index in [1.165, 1.54) is 115 Å². The SMILES string of the molecule is CC(=O)NC1[C@H](OCCOCCOCCOCCOCCOCCOCCCCCCCCCCSSCCCCCCCCCCCOCCOCCOCCOCCO)OC(CO)[C@H](O[C@@H]2OC(CO)[C@H](F)[C@H](O)C2O)[C@@H]1O. The molecule has 0 aliphatic carbocycles. The van der Waals surface area contributed by atoms with Gasteiger partial charge < -0.3 is 102 Å². The molecule has 476 valence electrons. The van der Waals surface area contributed by atoms with Crippen molar-refractivity contribution >= 4 is 27.5 Å². The second-order valence-corrected chi connectivity index (χ2v) is 22.3. The zero-order valence-electron chi connectivity index (χ0n) is 48.2. The predicted octanol–water partition coefficient (Wildman–Crippen LogP) is 3.92. The monoisotopic (exact) mass is 1200 g/mol. The number of hydrogen-bond donors (Lipinski definition) is 7. The first-order valence-corrected chi connectivity index (χ1v) is 32.1. The molecule has 25 heteroatoms. The van der Waals surface area contributed by atoms with Crippen molar-refractivity contribution in [2.75, 3.05) is 170 Å². The fraction of sp³-hybridized carbons (Fsp3) is 0.982. The van der Waals surface area contributed by atoms with E-state index in [0.29, 0.717) is 106 Å². The zero-order valence-corrected chi connectivity index (χ0v) is 49.8. The van der Waals surface area contributed by atoms with Gasteiger partial charge in [0.05, 0.1) is 145 Å². The van der Waals surface area contributed by atoms with Crippen molar-refractivity contribution < 1.29 is 106 Å². The highest BCUT2D eigenvalue weighted by molar-refractivity contribution is 8.76. The summed E-state index contributed by atoms with van der Waals surface area (Å²) in [6.07, 6.45) is 7.42. The van der Waals surface area contributed by atoms with Gasteiger partial charge in [0.15, 0.2) is 18.8 Å². The van der Waals surface area contributed by atoms with Crippen LogP contribution in [0.15, 0.2) is 0 Å². The van der Waals surface area contributed by atoms with Crippen molar-refractivity contribution in [1.82, 2.24) is 5.32 Å². The van der Waals surface area contributed by atoms with Crippen LogP contribution in [0.5, 0.6) is 0 Å². The van der Waals surface area contributed by atoms with E-state index in [1.807, 2.05) is 0 Å². The van der Waals surface area contributed by atoms with E-state index in [1.54, 1.807) is 0 Å². The molecular weight excluding hydrogens is 1090 g/mol. The van der Waals surface area contributed by atoms with Gasteiger partial charge in [-0.15, -0.1) is 0 Å². The number of ether oxygens (including phenoxy) is 14. The standard InChI is InChI=1S/C55H106FNO21S2/c1-45(61)57-49-51(63)53(78-55-52(64)50(62)48(56)46(43-59)76-55)47(44-60)77-54(49)75-40-39-74-38-37-73-36-35-72-34-33-71-32-30-69-27-24-66-21-16-12-8-4-6-10-14-18-42-80-79-41-17-13-9-5-2-3-7-11-15-20-65-23-26-68-29-31-70-28-25-67-22-19-58/h46-55,58-60,62-64H,2-44H2,1H3,(H,57,61)/t46?,47?,48-,49?,50-,51+,52?,53-,54+,55-/m0/s1. The number of rotatable bonds is 59. The largest absolute Gasteiger partial charge is 0.394 e. The molecule has 0 radical (unpaired) electrons. The highest BCUT2D eigenvalue weighted by Gasteiger charge is 2.51. The first-order valence-electron chi connectivity index (χ1n) is 29.6. The number of nitrogens with one attached hydrogen (secondary N) is 1. The van der Waals surface area contributed by atoms with Crippen LogP contribution in [0.1, 0.15) is 116 Å². The van der Waals surface area contributed by atoms with E-state index in [0.717, 1.165) is 26.1 Å². The lowest BCUT2D eigenvalue weighted by Crippen LogP contribution is -2.67. The molecule has 80 heavy (non-hydrogen) atoms. The van der Waals surface area contributed by atoms with Crippen LogP contribution in [-0.2, 0) is 71.1 Å². The summed E-state index contributed by atoms with van der Waals surface area (Å²) in [5.41, 5.74) is 0. The van der Waals surface area contributed by atoms with Crippen LogP contribution in [0.4, 0.5) is 4.39 Å². The van der Waals surface area contributed by atoms with Gasteiger partial charge in [0.25, 0.3) is 0 Å². The quantitative estimate of drug-likeness (QED) is 0.0336. The van der Waals surface area contributed by atoms with Gasteiger partial charge in [-0.25, -0.2) is 4.39 Å². The molecule has 2 saturated heterocycles. The summed E-state index contributed by atoms with van der Waals surface area (Å²) in [5, 5.41) is 62.1. The van der Waals surface area contributed by atoms with Crippen LogP contribution in [0, 0.1) is 0 Å². The zero-order chi connectivity index (χ0) is 57.8. The average molecular weight is 1200 g/mol. The fourth-order valence-corrected chi connectivity index (χ4v) is 10.8. The fourth-order valence-electron chi connectivity index (χ4n) is 8.47. The Hall–Kier alpha value is -0.700. The molecule has 0 bridgehead atoms. The molecule has 2 aliphatic rings. The Labute approximate surface area is 484 Å². The minimum absolute atomic E-state index is 0.0142. The summed E-state index contributed by atoms with van der Waals surface area (Å²) >= 11 is 0. The van der Waals surface area contributed by atoms with Crippen molar-refractivity contribution in [3.05, 3.63) is 0 Å². The van der Waals surface area contributed by atoms with Crippen LogP contribution in [-0.4, -0.2) is 268 Å². The maximum Gasteiger partial charge on any atom is 0.217 e.